The summed E-state index contributed by atoms with van der Waals surface area (Å²) in [5.74, 6) is -0.520. The Morgan fingerprint density at radius 1 is 1.29 bits per heavy atom. The van der Waals surface area contributed by atoms with Gasteiger partial charge in [-0.15, -0.1) is 0 Å². The first-order valence-electron chi connectivity index (χ1n) is 8.45. The summed E-state index contributed by atoms with van der Waals surface area (Å²) in [4.78, 5) is 28.0. The Morgan fingerprint density at radius 3 is 2.71 bits per heavy atom. The number of hydrogen-bond donors (Lipinski definition) is 5. The van der Waals surface area contributed by atoms with Gasteiger partial charge in [0.1, 0.15) is 24.6 Å². The van der Waals surface area contributed by atoms with Crippen molar-refractivity contribution < 1.29 is 34.7 Å². The number of esters is 1. The molecule has 0 aromatic carbocycles. The van der Waals surface area contributed by atoms with Gasteiger partial charge in [-0.2, -0.15) is 0 Å². The second-order valence-corrected chi connectivity index (χ2v) is 6.44. The van der Waals surface area contributed by atoms with Gasteiger partial charge in [0.25, 0.3) is 6.02 Å². The van der Waals surface area contributed by atoms with Crippen molar-refractivity contribution in [2.75, 3.05) is 11.9 Å². The molecule has 0 radical (unpaired) electrons. The first kappa shape index (κ1) is 18.6. The van der Waals surface area contributed by atoms with Crippen LogP contribution in [-0.2, 0) is 14.3 Å². The number of aliphatic imine (C=N–C) groups is 1. The summed E-state index contributed by atoms with van der Waals surface area (Å²) in [6.07, 6.45) is -2.98. The topological polar surface area (TPSA) is 184 Å². The van der Waals surface area contributed by atoms with E-state index in [0.29, 0.717) is 0 Å². The summed E-state index contributed by atoms with van der Waals surface area (Å²) >= 11 is 0. The number of nitrogens with one attached hydrogen (secondary N) is 1. The fraction of sp³-hybridized carbons (Fsp3) is 0.533. The highest BCUT2D eigenvalue weighted by atomic mass is 16.6. The van der Waals surface area contributed by atoms with Gasteiger partial charge < -0.3 is 29.9 Å². The fourth-order valence-corrected chi connectivity index (χ4v) is 3.06. The summed E-state index contributed by atoms with van der Waals surface area (Å²) in [6.45, 7) is 0.961. The zero-order valence-corrected chi connectivity index (χ0v) is 14.6. The van der Waals surface area contributed by atoms with Crippen molar-refractivity contribution in [2.45, 2.75) is 43.6 Å². The molecule has 1 saturated heterocycles. The molecule has 2 aliphatic heterocycles. The molecular formula is C15H18N6O7. The molecule has 2 aromatic heterocycles. The highest BCUT2D eigenvalue weighted by Crippen LogP contribution is 2.32. The van der Waals surface area contributed by atoms with Gasteiger partial charge in [0.15, 0.2) is 29.3 Å². The second kappa shape index (κ2) is 7.03. The fourth-order valence-electron chi connectivity index (χ4n) is 3.06. The van der Waals surface area contributed by atoms with Crippen LogP contribution in [0.25, 0.3) is 11.2 Å². The van der Waals surface area contributed by atoms with E-state index >= 15 is 0 Å². The van der Waals surface area contributed by atoms with Gasteiger partial charge in [0.2, 0.25) is 0 Å². The Labute approximate surface area is 157 Å². The third-order valence-electron chi connectivity index (χ3n) is 4.53. The third kappa shape index (κ3) is 2.98. The molecule has 4 heterocycles. The largest absolute Gasteiger partial charge is 0.394 e. The minimum Gasteiger partial charge on any atom is -0.394 e. The van der Waals surface area contributed by atoms with Crippen LogP contribution in [0.15, 0.2) is 17.6 Å². The average Bonchev–Trinajstić information content (AvgIpc) is 3.33. The number of rotatable bonds is 4. The van der Waals surface area contributed by atoms with Crippen molar-refractivity contribution in [3.05, 3.63) is 12.7 Å². The van der Waals surface area contributed by atoms with Crippen molar-refractivity contribution in [1.82, 2.24) is 19.5 Å². The van der Waals surface area contributed by atoms with Crippen LogP contribution < -0.4 is 5.32 Å². The minimum atomic E-state index is -1.30. The van der Waals surface area contributed by atoms with E-state index in [0.717, 1.165) is 0 Å². The number of hydrogen-bond acceptors (Lipinski definition) is 12. The molecule has 0 aliphatic carbocycles. The van der Waals surface area contributed by atoms with Crippen LogP contribution in [0.5, 0.6) is 0 Å². The van der Waals surface area contributed by atoms with Crippen molar-refractivity contribution in [1.29, 1.82) is 0 Å². The number of cyclic esters (lactones) is 1. The number of aromatic nitrogens is 4. The number of imidazole rings is 1. The number of carbonyl (C=O) groups excluding carboxylic acids is 1. The molecule has 0 spiro atoms. The summed E-state index contributed by atoms with van der Waals surface area (Å²) in [6, 6.07) is -1.17. The van der Waals surface area contributed by atoms with E-state index < -0.39 is 49.3 Å². The number of ether oxygens (including phenoxy) is 2. The summed E-state index contributed by atoms with van der Waals surface area (Å²) in [7, 11) is 0. The molecule has 0 unspecified atom stereocenters. The second-order valence-electron chi connectivity index (χ2n) is 6.44. The molecule has 0 amide bonds. The molecule has 2 aromatic rings. The summed E-state index contributed by atoms with van der Waals surface area (Å²) in [5.41, 5.74) is 0.531. The average molecular weight is 394 g/mol. The van der Waals surface area contributed by atoms with Gasteiger partial charge >= 0.3 is 5.97 Å². The maximum absolute atomic E-state index is 11.7. The van der Waals surface area contributed by atoms with Crippen molar-refractivity contribution in [3.63, 3.8) is 0 Å². The Kier molecular flexibility index (Phi) is 4.68. The Hall–Kier alpha value is -2.71. The van der Waals surface area contributed by atoms with Crippen molar-refractivity contribution in [3.8, 4) is 0 Å². The van der Waals surface area contributed by atoms with Crippen molar-refractivity contribution in [2.24, 2.45) is 4.99 Å². The van der Waals surface area contributed by atoms with E-state index in [9.17, 15) is 25.2 Å². The maximum Gasteiger partial charge on any atom is 0.341 e. The van der Waals surface area contributed by atoms with Gasteiger partial charge in [-0.05, 0) is 6.92 Å². The zero-order chi connectivity index (χ0) is 20.0. The minimum absolute atomic E-state index is 0.140. The highest BCUT2D eigenvalue weighted by Gasteiger charge is 2.44. The molecule has 1 fully saturated rings. The molecule has 150 valence electrons. The number of aliphatic hydroxyl groups is 4. The molecule has 0 bridgehead atoms. The number of nitrogens with zero attached hydrogens (tertiary/aromatic N) is 5. The van der Waals surface area contributed by atoms with Gasteiger partial charge in [0, 0.05) is 0 Å². The van der Waals surface area contributed by atoms with E-state index in [1.807, 2.05) is 0 Å². The van der Waals surface area contributed by atoms with Crippen LogP contribution in [-0.4, -0.2) is 89.0 Å². The molecule has 2 aliphatic rings. The summed E-state index contributed by atoms with van der Waals surface area (Å²) in [5, 5.41) is 41.6. The molecular weight excluding hydrogens is 376 g/mol. The molecule has 5 N–H and O–H groups in total. The van der Waals surface area contributed by atoms with Crippen LogP contribution in [0, 0.1) is 0 Å². The van der Waals surface area contributed by atoms with Crippen LogP contribution in [0.3, 0.4) is 0 Å². The predicted octanol–water partition coefficient (Wildman–Crippen LogP) is -2.49. The SMILES string of the molecule is C[C@@H](O)[C@H]1N=C(Nc2ncnc3c2ncn3[C@@H]2O[C@H](CO)[C@@H](O)[C@H]2O)OC1=O. The number of fused-ring (bicyclic) bond motifs is 1. The Bertz CT molecular complexity index is 931. The number of amidine groups is 1. The van der Waals surface area contributed by atoms with E-state index in [2.05, 4.69) is 25.3 Å². The van der Waals surface area contributed by atoms with E-state index in [-0.39, 0.29) is 23.0 Å². The maximum atomic E-state index is 11.7. The molecule has 0 saturated carbocycles. The first-order valence-corrected chi connectivity index (χ1v) is 8.45. The van der Waals surface area contributed by atoms with Gasteiger partial charge in [-0.25, -0.2) is 24.7 Å². The lowest BCUT2D eigenvalue weighted by atomic mass is 10.1. The lowest BCUT2D eigenvalue weighted by Gasteiger charge is -2.16. The number of carbonyl (C=O) groups is 1. The van der Waals surface area contributed by atoms with E-state index in [1.165, 1.54) is 24.1 Å². The zero-order valence-electron chi connectivity index (χ0n) is 14.6. The van der Waals surface area contributed by atoms with E-state index in [1.54, 1.807) is 0 Å². The van der Waals surface area contributed by atoms with Crippen LogP contribution in [0.4, 0.5) is 5.82 Å². The van der Waals surface area contributed by atoms with Crippen molar-refractivity contribution >= 4 is 29.0 Å². The Morgan fingerprint density at radius 2 is 2.07 bits per heavy atom. The van der Waals surface area contributed by atoms with E-state index in [4.69, 9.17) is 9.47 Å². The van der Waals surface area contributed by atoms with Gasteiger partial charge in [0.05, 0.1) is 19.0 Å². The quantitative estimate of drug-likeness (QED) is 0.346. The summed E-state index contributed by atoms with van der Waals surface area (Å²) < 4.78 is 11.9. The molecule has 13 heteroatoms. The molecule has 13 nitrogen and oxygen atoms in total. The molecule has 28 heavy (non-hydrogen) atoms. The van der Waals surface area contributed by atoms with Crippen LogP contribution in [0.2, 0.25) is 0 Å². The first-order chi connectivity index (χ1) is 13.4. The predicted molar refractivity (Wildman–Crippen MR) is 91.0 cm³/mol. The monoisotopic (exact) mass is 394 g/mol. The van der Waals surface area contributed by atoms with Gasteiger partial charge in [-0.1, -0.05) is 0 Å². The molecule has 4 rings (SSSR count). The van der Waals surface area contributed by atoms with Crippen LogP contribution in [0.1, 0.15) is 13.2 Å². The smallest absolute Gasteiger partial charge is 0.341 e. The number of aliphatic hydroxyl groups excluding tert-OH is 4. The Balaban J connectivity index is 1.63. The lowest BCUT2D eigenvalue weighted by molar-refractivity contribution is -0.137. The molecule has 6 atom stereocenters. The number of anilines is 1. The van der Waals surface area contributed by atoms with Gasteiger partial charge in [-0.3, -0.25) is 9.88 Å². The van der Waals surface area contributed by atoms with Crippen LogP contribution >= 0.6 is 0 Å². The lowest BCUT2D eigenvalue weighted by Crippen LogP contribution is -2.33. The normalized spacial score (nSPS) is 31.1. The standard InChI is InChI=1S/C15H18N6O7/c1-5(23)7-14(26)28-15(19-7)20-11-8-12(17-3-16-11)21(4-18-8)13-10(25)9(24)6(2-22)27-13/h3-7,9-10,13,22-25H,2H2,1H3,(H,16,17,19,20)/t5-,6-,7-,9-,10-,13-/m1/s1. The third-order valence-corrected chi connectivity index (χ3v) is 4.53. The highest BCUT2D eigenvalue weighted by molar-refractivity contribution is 6.04.